The van der Waals surface area contributed by atoms with Crippen molar-refractivity contribution < 1.29 is 9.59 Å². The Labute approximate surface area is 193 Å². The van der Waals surface area contributed by atoms with Crippen molar-refractivity contribution in [2.24, 2.45) is 24.8 Å². The number of hydrogen-bond donors (Lipinski definition) is 1. The molecule has 0 bridgehead atoms. The third-order valence-electron chi connectivity index (χ3n) is 6.88. The lowest BCUT2D eigenvalue weighted by molar-refractivity contribution is -0.150. The molecule has 2 fully saturated rings. The minimum Gasteiger partial charge on any atom is -0.341 e. The summed E-state index contributed by atoms with van der Waals surface area (Å²) < 4.78 is 2.12. The fourth-order valence-electron chi connectivity index (χ4n) is 5.21. The van der Waals surface area contributed by atoms with Crippen LogP contribution in [0.2, 0.25) is 0 Å². The van der Waals surface area contributed by atoms with E-state index in [1.807, 2.05) is 16.7 Å². The second-order valence-electron chi connectivity index (χ2n) is 10.7. The molecule has 3 heterocycles. The van der Waals surface area contributed by atoms with Gasteiger partial charge in [0.15, 0.2) is 0 Å². The molecule has 2 amide bonds. The number of hydrogen-bond acceptors (Lipinski definition) is 4. The Bertz CT molecular complexity index is 779. The molecular formula is C25H43N5O2. The molecule has 0 spiro atoms. The van der Waals surface area contributed by atoms with Crippen LogP contribution in [-0.2, 0) is 23.1 Å². The zero-order valence-corrected chi connectivity index (χ0v) is 20.9. The highest BCUT2D eigenvalue weighted by atomic mass is 16.2. The number of amides is 2. The molecule has 0 aliphatic carbocycles. The van der Waals surface area contributed by atoms with E-state index in [0.717, 1.165) is 63.3 Å². The third kappa shape index (κ3) is 6.12. The lowest BCUT2D eigenvalue weighted by atomic mass is 9.91. The molecule has 32 heavy (non-hydrogen) atoms. The molecule has 7 nitrogen and oxygen atoms in total. The second kappa shape index (κ2) is 10.8. The number of rotatable bonds is 8. The van der Waals surface area contributed by atoms with Crippen LogP contribution in [0.5, 0.6) is 0 Å². The molecule has 0 saturated carbocycles. The van der Waals surface area contributed by atoms with Crippen molar-refractivity contribution in [2.45, 2.75) is 78.8 Å². The van der Waals surface area contributed by atoms with Crippen molar-refractivity contribution in [1.82, 2.24) is 24.7 Å². The monoisotopic (exact) mass is 445 g/mol. The average Bonchev–Trinajstić information content (AvgIpc) is 3.04. The van der Waals surface area contributed by atoms with Crippen LogP contribution < -0.4 is 5.32 Å². The number of carbonyl (C=O) groups is 2. The second-order valence-corrected chi connectivity index (χ2v) is 10.7. The molecule has 0 unspecified atom stereocenters. The SMILES string of the molecule is Cc1cn(C)c(CC2CCN(C(=O)[C@H](CC(C)C)N3CCN[C@@H](CC(C)C)C3=O)CC2)n1. The predicted molar refractivity (Wildman–Crippen MR) is 127 cm³/mol. The molecule has 2 aliphatic heterocycles. The number of nitrogens with one attached hydrogen (secondary N) is 1. The Morgan fingerprint density at radius 2 is 1.84 bits per heavy atom. The van der Waals surface area contributed by atoms with Crippen LogP contribution in [0, 0.1) is 24.7 Å². The molecule has 1 N–H and O–H groups in total. The summed E-state index contributed by atoms with van der Waals surface area (Å²) in [7, 11) is 2.06. The van der Waals surface area contributed by atoms with Gasteiger partial charge in [0, 0.05) is 45.8 Å². The summed E-state index contributed by atoms with van der Waals surface area (Å²) in [5, 5.41) is 3.37. The maximum absolute atomic E-state index is 13.6. The Kier molecular flexibility index (Phi) is 8.37. The lowest BCUT2D eigenvalue weighted by Crippen LogP contribution is -2.62. The van der Waals surface area contributed by atoms with Gasteiger partial charge in [-0.25, -0.2) is 4.98 Å². The van der Waals surface area contributed by atoms with Gasteiger partial charge in [-0.15, -0.1) is 0 Å². The van der Waals surface area contributed by atoms with Gasteiger partial charge < -0.3 is 19.7 Å². The topological polar surface area (TPSA) is 70.5 Å². The van der Waals surface area contributed by atoms with E-state index in [1.54, 1.807) is 0 Å². The van der Waals surface area contributed by atoms with E-state index in [4.69, 9.17) is 0 Å². The number of aryl methyl sites for hydroxylation is 2. The third-order valence-corrected chi connectivity index (χ3v) is 6.88. The van der Waals surface area contributed by atoms with E-state index in [-0.39, 0.29) is 23.9 Å². The summed E-state index contributed by atoms with van der Waals surface area (Å²) in [5.41, 5.74) is 1.06. The molecule has 7 heteroatoms. The predicted octanol–water partition coefficient (Wildman–Crippen LogP) is 2.77. The molecule has 1 aromatic heterocycles. The normalized spacial score (nSPS) is 21.6. The smallest absolute Gasteiger partial charge is 0.245 e. The van der Waals surface area contributed by atoms with Crippen molar-refractivity contribution in [3.8, 4) is 0 Å². The van der Waals surface area contributed by atoms with Gasteiger partial charge in [0.2, 0.25) is 11.8 Å². The first-order chi connectivity index (χ1) is 15.2. The van der Waals surface area contributed by atoms with E-state index in [1.165, 1.54) is 0 Å². The summed E-state index contributed by atoms with van der Waals surface area (Å²) in [6.45, 7) is 13.5. The maximum Gasteiger partial charge on any atom is 0.245 e. The highest BCUT2D eigenvalue weighted by Gasteiger charge is 2.39. The van der Waals surface area contributed by atoms with Gasteiger partial charge in [-0.2, -0.15) is 0 Å². The summed E-state index contributed by atoms with van der Waals surface area (Å²) in [6, 6.07) is -0.508. The summed E-state index contributed by atoms with van der Waals surface area (Å²) in [5.74, 6) is 2.73. The molecule has 3 rings (SSSR count). The molecular weight excluding hydrogens is 402 g/mol. The Hall–Kier alpha value is -1.89. The highest BCUT2D eigenvalue weighted by molar-refractivity contribution is 5.90. The van der Waals surface area contributed by atoms with Crippen molar-refractivity contribution in [3.63, 3.8) is 0 Å². The average molecular weight is 446 g/mol. The van der Waals surface area contributed by atoms with E-state index in [9.17, 15) is 9.59 Å². The van der Waals surface area contributed by atoms with E-state index in [0.29, 0.717) is 24.3 Å². The van der Waals surface area contributed by atoms with Gasteiger partial charge in [-0.1, -0.05) is 27.7 Å². The van der Waals surface area contributed by atoms with Gasteiger partial charge in [0.25, 0.3) is 0 Å². The van der Waals surface area contributed by atoms with Crippen LogP contribution in [0.1, 0.15) is 64.9 Å². The van der Waals surface area contributed by atoms with Gasteiger partial charge in [-0.3, -0.25) is 9.59 Å². The van der Waals surface area contributed by atoms with E-state index >= 15 is 0 Å². The van der Waals surface area contributed by atoms with Crippen LogP contribution in [0.25, 0.3) is 0 Å². The van der Waals surface area contributed by atoms with Crippen LogP contribution >= 0.6 is 0 Å². The summed E-state index contributed by atoms with van der Waals surface area (Å²) >= 11 is 0. The number of piperidine rings is 1. The van der Waals surface area contributed by atoms with Crippen LogP contribution in [0.15, 0.2) is 6.20 Å². The molecule has 2 atom stereocenters. The Balaban J connectivity index is 1.63. The first-order valence-electron chi connectivity index (χ1n) is 12.5. The summed E-state index contributed by atoms with van der Waals surface area (Å²) in [6.07, 6.45) is 6.58. The number of aromatic nitrogens is 2. The molecule has 0 aromatic carbocycles. The standard InChI is InChI=1S/C25H43N5O2/c1-17(2)13-21-24(31)30(12-9-26-21)22(14-18(3)4)25(32)29-10-7-20(8-11-29)15-23-27-19(5)16-28(23)6/h16-18,20-22,26H,7-15H2,1-6H3/t21-,22-/m0/s1. The number of imidazole rings is 1. The van der Waals surface area contributed by atoms with Gasteiger partial charge in [0.05, 0.1) is 11.7 Å². The fraction of sp³-hybridized carbons (Fsp3) is 0.800. The highest BCUT2D eigenvalue weighted by Crippen LogP contribution is 2.25. The molecule has 2 saturated heterocycles. The van der Waals surface area contributed by atoms with Crippen molar-refractivity contribution in [1.29, 1.82) is 0 Å². The van der Waals surface area contributed by atoms with Crippen molar-refractivity contribution in [3.05, 3.63) is 17.7 Å². The number of likely N-dealkylation sites (tertiary alicyclic amines) is 1. The minimum atomic E-state index is -0.340. The quantitative estimate of drug-likeness (QED) is 0.668. The van der Waals surface area contributed by atoms with Gasteiger partial charge >= 0.3 is 0 Å². The fourth-order valence-corrected chi connectivity index (χ4v) is 5.21. The van der Waals surface area contributed by atoms with Crippen LogP contribution in [0.3, 0.4) is 0 Å². The molecule has 0 radical (unpaired) electrons. The van der Waals surface area contributed by atoms with Crippen LogP contribution in [-0.4, -0.2) is 69.4 Å². The van der Waals surface area contributed by atoms with Crippen molar-refractivity contribution in [2.75, 3.05) is 26.2 Å². The van der Waals surface area contributed by atoms with Gasteiger partial charge in [-0.05, 0) is 50.4 Å². The zero-order chi connectivity index (χ0) is 23.4. The van der Waals surface area contributed by atoms with Crippen LogP contribution in [0.4, 0.5) is 0 Å². The largest absolute Gasteiger partial charge is 0.341 e. The zero-order valence-electron chi connectivity index (χ0n) is 20.9. The molecule has 180 valence electrons. The lowest BCUT2D eigenvalue weighted by Gasteiger charge is -2.42. The Morgan fingerprint density at radius 3 is 2.41 bits per heavy atom. The molecule has 1 aromatic rings. The first kappa shape index (κ1) is 24.7. The maximum atomic E-state index is 13.6. The molecule has 2 aliphatic rings. The number of nitrogens with zero attached hydrogens (tertiary/aromatic N) is 4. The first-order valence-corrected chi connectivity index (χ1v) is 12.5. The minimum absolute atomic E-state index is 0.101. The summed E-state index contributed by atoms with van der Waals surface area (Å²) in [4.78, 5) is 35.4. The van der Waals surface area contributed by atoms with Crippen molar-refractivity contribution >= 4 is 11.8 Å². The van der Waals surface area contributed by atoms with Gasteiger partial charge in [0.1, 0.15) is 11.9 Å². The Morgan fingerprint density at radius 1 is 1.16 bits per heavy atom. The number of carbonyl (C=O) groups excluding carboxylic acids is 2. The number of piperazine rings is 1. The van der Waals surface area contributed by atoms with E-state index < -0.39 is 0 Å². The van der Waals surface area contributed by atoms with E-state index in [2.05, 4.69) is 55.8 Å².